The first kappa shape index (κ1) is 29.9. The van der Waals surface area contributed by atoms with Crippen molar-refractivity contribution in [2.75, 3.05) is 0 Å². The van der Waals surface area contributed by atoms with Gasteiger partial charge in [-0.15, -0.1) is 0 Å². The van der Waals surface area contributed by atoms with Gasteiger partial charge in [-0.25, -0.2) is 0 Å². The quantitative estimate of drug-likeness (QED) is 0.150. The number of furan rings is 2. The van der Waals surface area contributed by atoms with Gasteiger partial charge in [-0.3, -0.25) is 0 Å². The Balaban J connectivity index is 0.000000156. The highest BCUT2D eigenvalue weighted by atomic mass is 32.2. The van der Waals surface area contributed by atoms with Crippen molar-refractivity contribution >= 4 is 54.0 Å². The van der Waals surface area contributed by atoms with Gasteiger partial charge in [-0.2, -0.15) is 21.6 Å². The number of fused-ring (bicyclic) bond motifs is 6. The van der Waals surface area contributed by atoms with Crippen LogP contribution in [0.4, 0.5) is 13.2 Å². The zero-order valence-corrected chi connectivity index (χ0v) is 25.0. The zero-order valence-electron chi connectivity index (χ0n) is 24.2. The van der Waals surface area contributed by atoms with E-state index in [0.717, 1.165) is 50.3 Å². The molecule has 0 spiro atoms. The second kappa shape index (κ2) is 11.6. The topological polar surface area (TPSA) is 89.9 Å². The highest BCUT2D eigenvalue weighted by Crippen LogP contribution is 2.36. The number of aromatic hydroxyl groups is 1. The lowest BCUT2D eigenvalue weighted by Crippen LogP contribution is -2.28. The summed E-state index contributed by atoms with van der Waals surface area (Å²) >= 11 is 0. The summed E-state index contributed by atoms with van der Waals surface area (Å²) in [6, 6.07) is 40.3. The molecule has 0 aliphatic carbocycles. The predicted molar refractivity (Wildman–Crippen MR) is 176 cm³/mol. The minimum Gasteiger partial charge on any atom is -0.508 e. The number of halogens is 3. The molecule has 8 aromatic rings. The molecular formula is C37H23F3O6S. The van der Waals surface area contributed by atoms with Gasteiger partial charge < -0.3 is 18.1 Å². The van der Waals surface area contributed by atoms with Crippen molar-refractivity contribution in [2.24, 2.45) is 0 Å². The van der Waals surface area contributed by atoms with E-state index in [4.69, 9.17) is 8.83 Å². The van der Waals surface area contributed by atoms with Gasteiger partial charge in [0, 0.05) is 21.5 Å². The van der Waals surface area contributed by atoms with E-state index in [1.54, 1.807) is 24.3 Å². The molecule has 6 aromatic carbocycles. The summed E-state index contributed by atoms with van der Waals surface area (Å²) in [5.74, 6) is -0.179. The summed E-state index contributed by atoms with van der Waals surface area (Å²) < 4.78 is 75.7. The molecule has 2 heterocycles. The molecule has 8 rings (SSSR count). The third-order valence-electron chi connectivity index (χ3n) is 7.60. The SMILES string of the molecule is O=S(=O)(Oc1ccc2oc3cc(-c4ccccc4)ccc3c2c1)C(F)(F)F.Oc1ccc2oc3cc(-c4ccccc4)ccc3c2c1. The molecule has 2 aromatic heterocycles. The molecule has 0 fully saturated rings. The van der Waals surface area contributed by atoms with Gasteiger partial charge in [0.1, 0.15) is 33.8 Å². The smallest absolute Gasteiger partial charge is 0.508 e. The zero-order chi connectivity index (χ0) is 32.8. The number of phenols is 1. The number of rotatable bonds is 4. The third-order valence-corrected chi connectivity index (χ3v) is 8.58. The van der Waals surface area contributed by atoms with Gasteiger partial charge >= 0.3 is 15.6 Å². The minimum absolute atomic E-state index is 0.257. The van der Waals surface area contributed by atoms with Gasteiger partial charge in [-0.1, -0.05) is 72.8 Å². The van der Waals surface area contributed by atoms with Gasteiger partial charge in [0.2, 0.25) is 0 Å². The highest BCUT2D eigenvalue weighted by Gasteiger charge is 2.48. The van der Waals surface area contributed by atoms with Crippen LogP contribution >= 0.6 is 0 Å². The Labute approximate surface area is 266 Å². The van der Waals surface area contributed by atoms with Crippen molar-refractivity contribution in [3.05, 3.63) is 133 Å². The van der Waals surface area contributed by atoms with E-state index in [9.17, 15) is 26.7 Å². The molecule has 0 unspecified atom stereocenters. The van der Waals surface area contributed by atoms with Crippen molar-refractivity contribution in [2.45, 2.75) is 5.51 Å². The van der Waals surface area contributed by atoms with Crippen LogP contribution in [-0.4, -0.2) is 19.0 Å². The summed E-state index contributed by atoms with van der Waals surface area (Å²) in [6.07, 6.45) is 0. The van der Waals surface area contributed by atoms with Crippen LogP contribution in [0.1, 0.15) is 0 Å². The lowest BCUT2D eigenvalue weighted by Gasteiger charge is -2.09. The lowest BCUT2D eigenvalue weighted by atomic mass is 10.0. The second-order valence-electron chi connectivity index (χ2n) is 10.7. The largest absolute Gasteiger partial charge is 0.534 e. The molecule has 0 aliphatic heterocycles. The number of hydrogen-bond donors (Lipinski definition) is 1. The average molecular weight is 653 g/mol. The fourth-order valence-corrected chi connectivity index (χ4v) is 5.82. The Bertz CT molecular complexity index is 2500. The molecule has 47 heavy (non-hydrogen) atoms. The first-order valence-electron chi connectivity index (χ1n) is 14.3. The molecule has 0 atom stereocenters. The van der Waals surface area contributed by atoms with E-state index in [2.05, 4.69) is 22.4 Å². The van der Waals surface area contributed by atoms with E-state index in [1.165, 1.54) is 12.1 Å². The molecule has 0 aliphatic rings. The number of alkyl halides is 3. The van der Waals surface area contributed by atoms with Crippen LogP contribution in [0, 0.1) is 0 Å². The maximum absolute atomic E-state index is 12.5. The predicted octanol–water partition coefficient (Wildman–Crippen LogP) is 10.4. The summed E-state index contributed by atoms with van der Waals surface area (Å²) in [5, 5.41) is 12.7. The Morgan fingerprint density at radius 2 is 1.00 bits per heavy atom. The third kappa shape index (κ3) is 5.86. The normalized spacial score (nSPS) is 12.0. The minimum atomic E-state index is -5.73. The van der Waals surface area contributed by atoms with E-state index in [1.807, 2.05) is 72.8 Å². The van der Waals surface area contributed by atoms with E-state index >= 15 is 0 Å². The maximum atomic E-state index is 12.5. The Kier molecular flexibility index (Phi) is 7.37. The summed E-state index contributed by atoms with van der Waals surface area (Å²) in [6.45, 7) is 0. The van der Waals surface area contributed by atoms with E-state index in [-0.39, 0.29) is 5.75 Å². The monoisotopic (exact) mass is 652 g/mol. The fraction of sp³-hybridized carbons (Fsp3) is 0.0270. The summed E-state index contributed by atoms with van der Waals surface area (Å²) in [5.41, 5.74) is 1.27. The standard InChI is InChI=1S/C19H11F3O4S.C18H12O2/c20-19(21,22)27(23,24)26-14-7-9-17-16(11-14)15-8-6-13(10-18(15)25-17)12-4-2-1-3-5-12;19-14-7-9-17-16(11-14)15-8-6-13(10-18(15)20-17)12-4-2-1-3-5-12/h1-11H;1-11,19H. The molecule has 0 bridgehead atoms. The average Bonchev–Trinajstić information content (AvgIpc) is 3.62. The molecule has 0 saturated carbocycles. The molecular weight excluding hydrogens is 629 g/mol. The Morgan fingerprint density at radius 1 is 0.511 bits per heavy atom. The second-order valence-corrected chi connectivity index (χ2v) is 12.2. The molecule has 234 valence electrons. The van der Waals surface area contributed by atoms with Gasteiger partial charge in [0.25, 0.3) is 0 Å². The summed E-state index contributed by atoms with van der Waals surface area (Å²) in [7, 11) is -5.73. The van der Waals surface area contributed by atoms with Crippen LogP contribution in [0.2, 0.25) is 0 Å². The van der Waals surface area contributed by atoms with Gasteiger partial charge in [-0.05, 0) is 82.9 Å². The van der Waals surface area contributed by atoms with Crippen LogP contribution < -0.4 is 4.18 Å². The van der Waals surface area contributed by atoms with E-state index < -0.39 is 21.4 Å². The van der Waals surface area contributed by atoms with Crippen molar-refractivity contribution in [1.29, 1.82) is 0 Å². The molecule has 6 nitrogen and oxygen atoms in total. The van der Waals surface area contributed by atoms with Crippen LogP contribution in [0.15, 0.2) is 142 Å². The first-order chi connectivity index (χ1) is 22.6. The molecule has 10 heteroatoms. The number of benzene rings is 6. The van der Waals surface area contributed by atoms with Crippen molar-refractivity contribution in [3.63, 3.8) is 0 Å². The fourth-order valence-electron chi connectivity index (χ4n) is 5.37. The van der Waals surface area contributed by atoms with E-state index in [0.29, 0.717) is 21.9 Å². The molecule has 0 amide bonds. The Hall–Kier alpha value is -5.74. The van der Waals surface area contributed by atoms with Crippen molar-refractivity contribution in [1.82, 2.24) is 0 Å². The molecule has 0 radical (unpaired) electrons. The Morgan fingerprint density at radius 3 is 1.51 bits per heavy atom. The summed E-state index contributed by atoms with van der Waals surface area (Å²) in [4.78, 5) is 0. The lowest BCUT2D eigenvalue weighted by molar-refractivity contribution is -0.0500. The van der Waals surface area contributed by atoms with Crippen LogP contribution in [-0.2, 0) is 10.1 Å². The molecule has 1 N–H and O–H groups in total. The van der Waals surface area contributed by atoms with Crippen LogP contribution in [0.25, 0.3) is 66.1 Å². The van der Waals surface area contributed by atoms with Gasteiger partial charge in [0.15, 0.2) is 0 Å². The van der Waals surface area contributed by atoms with Crippen molar-refractivity contribution < 1.29 is 39.7 Å². The van der Waals surface area contributed by atoms with Crippen LogP contribution in [0.3, 0.4) is 0 Å². The molecule has 0 saturated heterocycles. The van der Waals surface area contributed by atoms with Crippen molar-refractivity contribution in [3.8, 4) is 33.8 Å². The first-order valence-corrected chi connectivity index (χ1v) is 15.7. The van der Waals surface area contributed by atoms with Crippen LogP contribution in [0.5, 0.6) is 11.5 Å². The number of phenolic OH excluding ortho intramolecular Hbond substituents is 1. The van der Waals surface area contributed by atoms with Gasteiger partial charge in [0.05, 0.1) is 0 Å². The maximum Gasteiger partial charge on any atom is 0.534 e. The number of hydrogen-bond acceptors (Lipinski definition) is 6. The highest BCUT2D eigenvalue weighted by molar-refractivity contribution is 7.88.